The molecule has 21 heavy (non-hydrogen) atoms. The lowest BCUT2D eigenvalue weighted by molar-refractivity contribution is 0.591. The van der Waals surface area contributed by atoms with Gasteiger partial charge >= 0.3 is 0 Å². The largest absolute Gasteiger partial charge is 0.309 e. The average Bonchev–Trinajstić information content (AvgIpc) is 2.96. The standard InChI is InChI=1S/C15H17N3O2S/c1-2-18(14-5-7-16-8-6-14)21(19,20)15-4-3-12-10-17-11-13(12)9-15/h3-9,17H,2,10-11H2,1H3. The van der Waals surface area contributed by atoms with E-state index in [1.165, 1.54) is 9.87 Å². The van der Waals surface area contributed by atoms with Crippen LogP contribution in [0.1, 0.15) is 18.1 Å². The van der Waals surface area contributed by atoms with Gasteiger partial charge in [-0.2, -0.15) is 0 Å². The number of hydrogen-bond donors (Lipinski definition) is 1. The summed E-state index contributed by atoms with van der Waals surface area (Å²) in [6.07, 6.45) is 3.19. The molecule has 1 N–H and O–H groups in total. The molecule has 0 saturated heterocycles. The number of nitrogens with zero attached hydrogens (tertiary/aromatic N) is 2. The first-order valence-electron chi connectivity index (χ1n) is 6.88. The summed E-state index contributed by atoms with van der Waals surface area (Å²) < 4.78 is 27.1. The van der Waals surface area contributed by atoms with Crippen molar-refractivity contribution in [1.82, 2.24) is 10.3 Å². The van der Waals surface area contributed by atoms with Gasteiger partial charge in [0.1, 0.15) is 0 Å². The fourth-order valence-corrected chi connectivity index (χ4v) is 4.09. The highest BCUT2D eigenvalue weighted by Crippen LogP contribution is 2.26. The summed E-state index contributed by atoms with van der Waals surface area (Å²) in [4.78, 5) is 4.27. The van der Waals surface area contributed by atoms with Crippen LogP contribution in [0.15, 0.2) is 47.6 Å². The fourth-order valence-electron chi connectivity index (χ4n) is 2.56. The number of fused-ring (bicyclic) bond motifs is 1. The van der Waals surface area contributed by atoms with Crippen molar-refractivity contribution in [2.24, 2.45) is 0 Å². The van der Waals surface area contributed by atoms with Crippen LogP contribution in [0.3, 0.4) is 0 Å². The van der Waals surface area contributed by atoms with Crippen molar-refractivity contribution in [2.75, 3.05) is 10.8 Å². The summed E-state index contributed by atoms with van der Waals surface area (Å²) in [5.74, 6) is 0. The third-order valence-corrected chi connectivity index (χ3v) is 5.53. The Morgan fingerprint density at radius 1 is 1.14 bits per heavy atom. The number of aromatic nitrogens is 1. The van der Waals surface area contributed by atoms with E-state index >= 15 is 0 Å². The van der Waals surface area contributed by atoms with Gasteiger partial charge in [-0.1, -0.05) is 6.07 Å². The topological polar surface area (TPSA) is 62.3 Å². The van der Waals surface area contributed by atoms with Crippen molar-refractivity contribution in [3.8, 4) is 0 Å². The van der Waals surface area contributed by atoms with Gasteiger partial charge < -0.3 is 5.32 Å². The molecule has 0 unspecified atom stereocenters. The molecule has 0 radical (unpaired) electrons. The van der Waals surface area contributed by atoms with Gasteiger partial charge in [0.05, 0.1) is 10.6 Å². The Balaban J connectivity index is 2.03. The second-order valence-corrected chi connectivity index (χ2v) is 6.77. The number of nitrogens with one attached hydrogen (secondary N) is 1. The van der Waals surface area contributed by atoms with Gasteiger partial charge in [-0.05, 0) is 42.3 Å². The van der Waals surface area contributed by atoms with Crippen LogP contribution in [-0.4, -0.2) is 19.9 Å². The molecular formula is C15H17N3O2S. The molecule has 0 atom stereocenters. The van der Waals surface area contributed by atoms with Crippen LogP contribution in [0, 0.1) is 0 Å². The van der Waals surface area contributed by atoms with Gasteiger partial charge in [-0.15, -0.1) is 0 Å². The van der Waals surface area contributed by atoms with Gasteiger partial charge in [-0.3, -0.25) is 9.29 Å². The SMILES string of the molecule is CCN(c1ccncc1)S(=O)(=O)c1ccc2c(c1)CNC2. The van der Waals surface area contributed by atoms with E-state index in [9.17, 15) is 8.42 Å². The van der Waals surface area contributed by atoms with Gasteiger partial charge in [0.25, 0.3) is 10.0 Å². The van der Waals surface area contributed by atoms with E-state index < -0.39 is 10.0 Å². The molecule has 0 amide bonds. The van der Waals surface area contributed by atoms with Crippen molar-refractivity contribution >= 4 is 15.7 Å². The molecule has 3 rings (SSSR count). The van der Waals surface area contributed by atoms with Crippen molar-refractivity contribution < 1.29 is 8.42 Å². The van der Waals surface area contributed by atoms with E-state index in [0.29, 0.717) is 17.1 Å². The third kappa shape index (κ3) is 2.52. The third-order valence-electron chi connectivity index (χ3n) is 3.63. The van der Waals surface area contributed by atoms with Crippen molar-refractivity contribution in [3.05, 3.63) is 53.9 Å². The van der Waals surface area contributed by atoms with E-state index in [4.69, 9.17) is 0 Å². The maximum atomic E-state index is 12.8. The molecule has 2 heterocycles. The molecule has 1 aliphatic heterocycles. The van der Waals surface area contributed by atoms with Crippen LogP contribution in [-0.2, 0) is 23.1 Å². The van der Waals surface area contributed by atoms with E-state index in [2.05, 4.69) is 10.3 Å². The summed E-state index contributed by atoms with van der Waals surface area (Å²) in [6, 6.07) is 8.76. The molecule has 1 aromatic carbocycles. The van der Waals surface area contributed by atoms with Crippen molar-refractivity contribution in [2.45, 2.75) is 24.9 Å². The molecule has 0 spiro atoms. The van der Waals surface area contributed by atoms with Crippen LogP contribution < -0.4 is 9.62 Å². The Bertz CT molecular complexity index is 745. The Kier molecular flexibility index (Phi) is 3.65. The number of pyridine rings is 1. The summed E-state index contributed by atoms with van der Waals surface area (Å²) in [5, 5.41) is 3.22. The lowest BCUT2D eigenvalue weighted by Crippen LogP contribution is -2.30. The van der Waals surface area contributed by atoms with Gasteiger partial charge in [0.15, 0.2) is 0 Å². The number of hydrogen-bond acceptors (Lipinski definition) is 4. The van der Waals surface area contributed by atoms with E-state index in [1.54, 1.807) is 36.7 Å². The van der Waals surface area contributed by atoms with Crippen LogP contribution in [0.5, 0.6) is 0 Å². The fraction of sp³-hybridized carbons (Fsp3) is 0.267. The van der Waals surface area contributed by atoms with E-state index in [-0.39, 0.29) is 0 Å². The minimum Gasteiger partial charge on any atom is -0.309 e. The molecule has 0 bridgehead atoms. The van der Waals surface area contributed by atoms with Crippen molar-refractivity contribution in [1.29, 1.82) is 0 Å². The molecule has 6 heteroatoms. The second-order valence-electron chi connectivity index (χ2n) is 4.91. The molecule has 110 valence electrons. The molecular weight excluding hydrogens is 286 g/mol. The highest BCUT2D eigenvalue weighted by molar-refractivity contribution is 7.92. The predicted octanol–water partition coefficient (Wildman–Crippen LogP) is 1.90. The number of rotatable bonds is 4. The molecule has 1 aromatic heterocycles. The molecule has 2 aromatic rings. The monoisotopic (exact) mass is 303 g/mol. The molecule has 0 fully saturated rings. The average molecular weight is 303 g/mol. The maximum Gasteiger partial charge on any atom is 0.264 e. The maximum absolute atomic E-state index is 12.8. The lowest BCUT2D eigenvalue weighted by atomic mass is 10.1. The summed E-state index contributed by atoms with van der Waals surface area (Å²) >= 11 is 0. The Labute approximate surface area is 124 Å². The molecule has 0 aliphatic carbocycles. The molecule has 5 nitrogen and oxygen atoms in total. The first kappa shape index (κ1) is 14.0. The van der Waals surface area contributed by atoms with Gasteiger partial charge in [0.2, 0.25) is 0 Å². The number of benzene rings is 1. The molecule has 1 aliphatic rings. The number of anilines is 1. The Hall–Kier alpha value is -1.92. The zero-order valence-corrected chi connectivity index (χ0v) is 12.6. The van der Waals surface area contributed by atoms with E-state index in [0.717, 1.165) is 18.7 Å². The Morgan fingerprint density at radius 3 is 2.57 bits per heavy atom. The van der Waals surface area contributed by atoms with Gasteiger partial charge in [-0.25, -0.2) is 8.42 Å². The zero-order valence-electron chi connectivity index (χ0n) is 11.8. The second kappa shape index (κ2) is 5.46. The smallest absolute Gasteiger partial charge is 0.264 e. The van der Waals surface area contributed by atoms with Crippen LogP contribution in [0.4, 0.5) is 5.69 Å². The minimum atomic E-state index is -3.55. The van der Waals surface area contributed by atoms with Crippen LogP contribution in [0.2, 0.25) is 0 Å². The first-order valence-corrected chi connectivity index (χ1v) is 8.32. The van der Waals surface area contributed by atoms with Crippen molar-refractivity contribution in [3.63, 3.8) is 0 Å². The summed E-state index contributed by atoms with van der Waals surface area (Å²) in [5.41, 5.74) is 2.86. The van der Waals surface area contributed by atoms with E-state index in [1.807, 2.05) is 13.0 Å². The lowest BCUT2D eigenvalue weighted by Gasteiger charge is -2.23. The van der Waals surface area contributed by atoms with Crippen LogP contribution >= 0.6 is 0 Å². The quantitative estimate of drug-likeness (QED) is 0.937. The highest BCUT2D eigenvalue weighted by atomic mass is 32.2. The normalized spacial score (nSPS) is 14.0. The first-order chi connectivity index (χ1) is 10.1. The predicted molar refractivity (Wildman–Crippen MR) is 81.4 cm³/mol. The highest BCUT2D eigenvalue weighted by Gasteiger charge is 2.25. The number of sulfonamides is 1. The minimum absolute atomic E-state index is 0.337. The molecule has 0 saturated carbocycles. The van der Waals surface area contributed by atoms with Gasteiger partial charge in [0, 0.05) is 32.0 Å². The Morgan fingerprint density at radius 2 is 1.86 bits per heavy atom. The summed E-state index contributed by atoms with van der Waals surface area (Å²) in [7, 11) is -3.55. The summed E-state index contributed by atoms with van der Waals surface area (Å²) in [6.45, 7) is 3.73. The zero-order chi connectivity index (χ0) is 14.9. The van der Waals surface area contributed by atoms with Crippen LogP contribution in [0.25, 0.3) is 0 Å².